The highest BCUT2D eigenvalue weighted by Gasteiger charge is 2.16. The number of hydrogen-bond acceptors (Lipinski definition) is 4. The molecule has 0 saturated carbocycles. The van der Waals surface area contributed by atoms with E-state index in [0.717, 1.165) is 0 Å². The van der Waals surface area contributed by atoms with Gasteiger partial charge in [-0.2, -0.15) is 4.99 Å². The molecule has 0 spiro atoms. The number of benzene rings is 1. The Morgan fingerprint density at radius 3 is 3.07 bits per heavy atom. The maximum Gasteiger partial charge on any atom is 0.297 e. The van der Waals surface area contributed by atoms with Crippen LogP contribution in [0.2, 0.25) is 0 Å². The van der Waals surface area contributed by atoms with Crippen molar-refractivity contribution in [2.24, 2.45) is 4.99 Å². The van der Waals surface area contributed by atoms with Gasteiger partial charge in [0, 0.05) is 6.07 Å². The fourth-order valence-electron chi connectivity index (χ4n) is 1.18. The van der Waals surface area contributed by atoms with Crippen LogP contribution >= 0.6 is 0 Å². The summed E-state index contributed by atoms with van der Waals surface area (Å²) in [5.74, 6) is 0.526. The highest BCUT2D eigenvalue weighted by atomic mass is 16.5. The third-order valence-electron chi connectivity index (χ3n) is 1.87. The number of nitrogens with zero attached hydrogens (tertiary/aromatic N) is 1. The lowest BCUT2D eigenvalue weighted by Crippen LogP contribution is -2.20. The summed E-state index contributed by atoms with van der Waals surface area (Å²) in [6.45, 7) is 0.0306. The topological polar surface area (TPSA) is 59.9 Å². The number of nitrogens with one attached hydrogen (secondary N) is 1. The van der Waals surface area contributed by atoms with E-state index in [2.05, 4.69) is 10.3 Å². The van der Waals surface area contributed by atoms with Crippen LogP contribution in [-0.2, 0) is 9.53 Å². The summed E-state index contributed by atoms with van der Waals surface area (Å²) in [4.78, 5) is 14.9. The van der Waals surface area contributed by atoms with E-state index < -0.39 is 0 Å². The monoisotopic (exact) mass is 206 g/mol. The molecule has 0 aliphatic carbocycles. The van der Waals surface area contributed by atoms with Crippen molar-refractivity contribution in [3.05, 3.63) is 24.3 Å². The van der Waals surface area contributed by atoms with Crippen LogP contribution in [0, 0.1) is 0 Å². The molecule has 5 nitrogen and oxygen atoms in total. The first-order valence-electron chi connectivity index (χ1n) is 4.43. The standard InChI is InChI=1S/C10H10N2O3/c1-14-8-4-2-3-7(5-8)11-10-12-9(13)6-15-10/h2-5H,6H2,1H3,(H,11,12,13). The molecule has 0 aromatic heterocycles. The quantitative estimate of drug-likeness (QED) is 0.779. The molecule has 0 bridgehead atoms. The highest BCUT2D eigenvalue weighted by molar-refractivity contribution is 6.00. The largest absolute Gasteiger partial charge is 0.497 e. The Hall–Kier alpha value is -2.04. The molecule has 2 rings (SSSR count). The van der Waals surface area contributed by atoms with Crippen LogP contribution < -0.4 is 10.1 Å². The van der Waals surface area contributed by atoms with Gasteiger partial charge >= 0.3 is 0 Å². The predicted molar refractivity (Wildman–Crippen MR) is 54.2 cm³/mol. The molecule has 1 aliphatic rings. The van der Waals surface area contributed by atoms with Crippen LogP contribution in [0.4, 0.5) is 5.69 Å². The number of ether oxygens (including phenoxy) is 2. The van der Waals surface area contributed by atoms with Crippen LogP contribution in [0.1, 0.15) is 0 Å². The van der Waals surface area contributed by atoms with Gasteiger partial charge in [0.05, 0.1) is 12.8 Å². The average Bonchev–Trinajstić information content (AvgIpc) is 2.64. The van der Waals surface area contributed by atoms with E-state index in [1.807, 2.05) is 12.1 Å². The summed E-state index contributed by atoms with van der Waals surface area (Å²) < 4.78 is 10.0. The van der Waals surface area contributed by atoms with E-state index in [4.69, 9.17) is 9.47 Å². The molecule has 1 amide bonds. The van der Waals surface area contributed by atoms with Crippen molar-refractivity contribution in [1.29, 1.82) is 0 Å². The normalized spacial score (nSPS) is 17.4. The molecule has 5 heteroatoms. The Morgan fingerprint density at radius 1 is 1.53 bits per heavy atom. The molecule has 0 radical (unpaired) electrons. The maximum absolute atomic E-state index is 10.8. The van der Waals surface area contributed by atoms with Gasteiger partial charge in [-0.25, -0.2) is 0 Å². The second kappa shape index (κ2) is 4.00. The molecule has 1 aliphatic heterocycles. The van der Waals surface area contributed by atoms with Crippen molar-refractivity contribution in [3.8, 4) is 5.75 Å². The second-order valence-corrected chi connectivity index (χ2v) is 2.96. The first-order chi connectivity index (χ1) is 7.28. The molecule has 1 fully saturated rings. The number of aliphatic imine (C=N–C) groups is 1. The van der Waals surface area contributed by atoms with Crippen molar-refractivity contribution in [3.63, 3.8) is 0 Å². The summed E-state index contributed by atoms with van der Waals surface area (Å²) in [5.41, 5.74) is 0.673. The number of carbonyl (C=O) groups excluding carboxylic acids is 1. The summed E-state index contributed by atoms with van der Waals surface area (Å²) in [7, 11) is 1.58. The molecule has 1 saturated heterocycles. The molecular weight excluding hydrogens is 196 g/mol. The number of amidine groups is 1. The average molecular weight is 206 g/mol. The molecule has 1 N–H and O–H groups in total. The van der Waals surface area contributed by atoms with Crippen molar-refractivity contribution in [2.45, 2.75) is 0 Å². The number of methoxy groups -OCH3 is 1. The van der Waals surface area contributed by atoms with Gasteiger partial charge in [0.1, 0.15) is 5.75 Å². The summed E-state index contributed by atoms with van der Waals surface area (Å²) in [6, 6.07) is 7.41. The molecule has 0 atom stereocenters. The maximum atomic E-state index is 10.8. The molecule has 78 valence electrons. The minimum absolute atomic E-state index is 0.0306. The Labute approximate surface area is 86.7 Å². The van der Waals surface area contributed by atoms with E-state index in [1.165, 1.54) is 0 Å². The summed E-state index contributed by atoms with van der Waals surface area (Å²) in [5, 5.41) is 2.49. The number of rotatable bonds is 2. The van der Waals surface area contributed by atoms with E-state index in [9.17, 15) is 4.79 Å². The van der Waals surface area contributed by atoms with Gasteiger partial charge in [-0.15, -0.1) is 0 Å². The Bertz CT molecular complexity index is 415. The minimum atomic E-state index is -0.184. The first kappa shape index (κ1) is 9.51. The third kappa shape index (κ3) is 2.25. The second-order valence-electron chi connectivity index (χ2n) is 2.96. The highest BCUT2D eigenvalue weighted by Crippen LogP contribution is 2.19. The zero-order valence-electron chi connectivity index (χ0n) is 8.19. The van der Waals surface area contributed by atoms with Gasteiger partial charge in [-0.1, -0.05) is 6.07 Å². The van der Waals surface area contributed by atoms with Gasteiger partial charge in [0.15, 0.2) is 6.61 Å². The van der Waals surface area contributed by atoms with Gasteiger partial charge in [0.2, 0.25) is 0 Å². The molecule has 0 unspecified atom stereocenters. The first-order valence-corrected chi connectivity index (χ1v) is 4.43. The van der Waals surface area contributed by atoms with Crippen molar-refractivity contribution < 1.29 is 14.3 Å². The van der Waals surface area contributed by atoms with E-state index >= 15 is 0 Å². The Kier molecular flexibility index (Phi) is 2.53. The van der Waals surface area contributed by atoms with Crippen LogP contribution in [0.25, 0.3) is 0 Å². The zero-order valence-corrected chi connectivity index (χ0v) is 8.19. The lowest BCUT2D eigenvalue weighted by molar-refractivity contribution is -0.119. The summed E-state index contributed by atoms with van der Waals surface area (Å²) in [6.07, 6.45) is 0. The number of carbonyl (C=O) groups is 1. The lowest BCUT2D eigenvalue weighted by atomic mass is 10.3. The summed E-state index contributed by atoms with van der Waals surface area (Å²) >= 11 is 0. The van der Waals surface area contributed by atoms with E-state index in [0.29, 0.717) is 11.4 Å². The number of hydrogen-bond donors (Lipinski definition) is 1. The van der Waals surface area contributed by atoms with Gasteiger partial charge < -0.3 is 9.47 Å². The van der Waals surface area contributed by atoms with Crippen LogP contribution in [0.3, 0.4) is 0 Å². The third-order valence-corrected chi connectivity index (χ3v) is 1.87. The zero-order chi connectivity index (χ0) is 10.7. The predicted octanol–water partition coefficient (Wildman–Crippen LogP) is 0.829. The Morgan fingerprint density at radius 2 is 2.40 bits per heavy atom. The Balaban J connectivity index is 2.19. The van der Waals surface area contributed by atoms with Crippen molar-refractivity contribution in [2.75, 3.05) is 13.7 Å². The van der Waals surface area contributed by atoms with Crippen molar-refractivity contribution in [1.82, 2.24) is 5.32 Å². The SMILES string of the molecule is COc1cccc(N=C2NC(=O)CO2)c1. The molecule has 15 heavy (non-hydrogen) atoms. The minimum Gasteiger partial charge on any atom is -0.497 e. The van der Waals surface area contributed by atoms with Crippen LogP contribution in [-0.4, -0.2) is 25.6 Å². The molecule has 1 aromatic carbocycles. The fourth-order valence-corrected chi connectivity index (χ4v) is 1.18. The number of amides is 1. The molecular formula is C10H10N2O3. The van der Waals surface area contributed by atoms with Crippen molar-refractivity contribution >= 4 is 17.6 Å². The lowest BCUT2D eigenvalue weighted by Gasteiger charge is -2.00. The van der Waals surface area contributed by atoms with E-state index in [-0.39, 0.29) is 18.5 Å². The van der Waals surface area contributed by atoms with Crippen LogP contribution in [0.5, 0.6) is 5.75 Å². The van der Waals surface area contributed by atoms with Gasteiger partial charge in [-0.05, 0) is 12.1 Å². The molecule has 1 heterocycles. The van der Waals surface area contributed by atoms with Gasteiger partial charge in [0.25, 0.3) is 11.9 Å². The smallest absolute Gasteiger partial charge is 0.297 e. The van der Waals surface area contributed by atoms with E-state index in [1.54, 1.807) is 19.2 Å². The van der Waals surface area contributed by atoms with Crippen LogP contribution in [0.15, 0.2) is 29.3 Å². The van der Waals surface area contributed by atoms with Gasteiger partial charge in [-0.3, -0.25) is 10.1 Å². The fraction of sp³-hybridized carbons (Fsp3) is 0.200. The molecule has 1 aromatic rings.